The van der Waals surface area contributed by atoms with Crippen LogP contribution in [-0.4, -0.2) is 11.0 Å². The molecule has 2 heteroatoms. The predicted octanol–water partition coefficient (Wildman–Crippen LogP) is 2.74. The van der Waals surface area contributed by atoms with E-state index in [2.05, 4.69) is 38.1 Å². The number of pyridine rings is 1. The Morgan fingerprint density at radius 1 is 1.25 bits per heavy atom. The van der Waals surface area contributed by atoms with E-state index in [0.717, 1.165) is 17.6 Å². The summed E-state index contributed by atoms with van der Waals surface area (Å²) in [5, 5.41) is 1.24. The van der Waals surface area contributed by atoms with Gasteiger partial charge in [-0.15, -0.1) is 0 Å². The first-order valence-electron chi connectivity index (χ1n) is 5.69. The monoisotopic (exact) mass is 214 g/mol. The molecule has 0 saturated carbocycles. The van der Waals surface area contributed by atoms with Crippen LogP contribution in [0.25, 0.3) is 10.9 Å². The summed E-state index contributed by atoms with van der Waals surface area (Å²) < 4.78 is 0. The van der Waals surface area contributed by atoms with Crippen LogP contribution in [0.2, 0.25) is 0 Å². The van der Waals surface area contributed by atoms with E-state index in [-0.39, 0.29) is 6.04 Å². The smallest absolute Gasteiger partial charge is 0.0737 e. The van der Waals surface area contributed by atoms with Gasteiger partial charge in [-0.2, -0.15) is 0 Å². The zero-order chi connectivity index (χ0) is 11.7. The first kappa shape index (κ1) is 11.1. The van der Waals surface area contributed by atoms with Crippen LogP contribution in [0.3, 0.4) is 0 Å². The number of benzene rings is 1. The Morgan fingerprint density at radius 2 is 2.00 bits per heavy atom. The summed E-state index contributed by atoms with van der Waals surface area (Å²) in [5.74, 6) is 0. The predicted molar refractivity (Wildman–Crippen MR) is 68.6 cm³/mol. The number of hydrogen-bond acceptors (Lipinski definition) is 2. The topological polar surface area (TPSA) is 38.9 Å². The van der Waals surface area contributed by atoms with Crippen molar-refractivity contribution < 1.29 is 0 Å². The average molecular weight is 214 g/mol. The van der Waals surface area contributed by atoms with Gasteiger partial charge in [0.25, 0.3) is 0 Å². The summed E-state index contributed by atoms with van der Waals surface area (Å²) in [6, 6.07) is 8.61. The summed E-state index contributed by atoms with van der Waals surface area (Å²) in [6.45, 7) is 6.25. The van der Waals surface area contributed by atoms with E-state index < -0.39 is 0 Å². The van der Waals surface area contributed by atoms with E-state index >= 15 is 0 Å². The van der Waals surface area contributed by atoms with Gasteiger partial charge in [0, 0.05) is 23.5 Å². The van der Waals surface area contributed by atoms with E-state index in [1.807, 2.05) is 6.92 Å². The molecule has 1 heterocycles. The average Bonchev–Trinajstić information content (AvgIpc) is 2.19. The van der Waals surface area contributed by atoms with E-state index in [1.54, 1.807) is 0 Å². The molecule has 0 fully saturated rings. The lowest BCUT2D eigenvalue weighted by molar-refractivity contribution is 0.724. The molecule has 1 aromatic heterocycles. The fourth-order valence-electron chi connectivity index (χ4n) is 2.06. The van der Waals surface area contributed by atoms with Gasteiger partial charge in [0.2, 0.25) is 0 Å². The maximum atomic E-state index is 5.82. The molecular weight excluding hydrogens is 196 g/mol. The molecule has 1 unspecified atom stereocenters. The maximum absolute atomic E-state index is 5.82. The van der Waals surface area contributed by atoms with Crippen LogP contribution in [0.1, 0.15) is 23.7 Å². The summed E-state index contributed by atoms with van der Waals surface area (Å²) in [5.41, 5.74) is 10.5. The third kappa shape index (κ3) is 2.07. The van der Waals surface area contributed by atoms with Crippen molar-refractivity contribution in [2.75, 3.05) is 0 Å². The molecule has 1 atom stereocenters. The molecule has 0 radical (unpaired) electrons. The summed E-state index contributed by atoms with van der Waals surface area (Å²) in [7, 11) is 0. The van der Waals surface area contributed by atoms with E-state index in [4.69, 9.17) is 10.7 Å². The van der Waals surface area contributed by atoms with Gasteiger partial charge in [0.15, 0.2) is 0 Å². The van der Waals surface area contributed by atoms with Gasteiger partial charge in [-0.3, -0.25) is 4.98 Å². The molecule has 84 valence electrons. The maximum Gasteiger partial charge on any atom is 0.0737 e. The Kier molecular flexibility index (Phi) is 2.92. The van der Waals surface area contributed by atoms with Gasteiger partial charge < -0.3 is 5.73 Å². The molecule has 0 bridgehead atoms. The van der Waals surface area contributed by atoms with Crippen LogP contribution < -0.4 is 5.73 Å². The zero-order valence-electron chi connectivity index (χ0n) is 10.1. The molecule has 2 N–H and O–H groups in total. The van der Waals surface area contributed by atoms with Crippen molar-refractivity contribution >= 4 is 10.9 Å². The number of nitrogens with zero attached hydrogens (tertiary/aromatic N) is 1. The molecule has 1 aromatic carbocycles. The normalized spacial score (nSPS) is 13.0. The highest BCUT2D eigenvalue weighted by Gasteiger charge is 2.06. The Balaban J connectivity index is 2.61. The van der Waals surface area contributed by atoms with Gasteiger partial charge in [0.05, 0.1) is 5.52 Å². The van der Waals surface area contributed by atoms with Crippen LogP contribution in [0.5, 0.6) is 0 Å². The Bertz CT molecular complexity index is 515. The van der Waals surface area contributed by atoms with Crippen molar-refractivity contribution in [3.8, 4) is 0 Å². The van der Waals surface area contributed by atoms with Crippen LogP contribution in [0, 0.1) is 13.8 Å². The lowest BCUT2D eigenvalue weighted by atomic mass is 10.0. The number of aryl methyl sites for hydroxylation is 2. The minimum atomic E-state index is 0.161. The Labute approximate surface area is 96.5 Å². The summed E-state index contributed by atoms with van der Waals surface area (Å²) >= 11 is 0. The molecule has 2 nitrogen and oxygen atoms in total. The number of para-hydroxylation sites is 1. The Hall–Kier alpha value is -1.41. The Morgan fingerprint density at radius 3 is 2.69 bits per heavy atom. The van der Waals surface area contributed by atoms with Crippen molar-refractivity contribution in [3.05, 3.63) is 41.1 Å². The van der Waals surface area contributed by atoms with Crippen molar-refractivity contribution in [3.63, 3.8) is 0 Å². The van der Waals surface area contributed by atoms with Crippen molar-refractivity contribution in [2.24, 2.45) is 5.73 Å². The van der Waals surface area contributed by atoms with Gasteiger partial charge >= 0.3 is 0 Å². The highest BCUT2D eigenvalue weighted by molar-refractivity contribution is 5.84. The van der Waals surface area contributed by atoms with Crippen molar-refractivity contribution in [2.45, 2.75) is 33.2 Å². The van der Waals surface area contributed by atoms with Crippen LogP contribution in [0.4, 0.5) is 0 Å². The lowest BCUT2D eigenvalue weighted by Crippen LogP contribution is -2.18. The van der Waals surface area contributed by atoms with E-state index in [0.29, 0.717) is 0 Å². The van der Waals surface area contributed by atoms with Crippen LogP contribution >= 0.6 is 0 Å². The summed E-state index contributed by atoms with van der Waals surface area (Å²) in [4.78, 5) is 4.70. The second kappa shape index (κ2) is 4.22. The molecule has 0 aliphatic heterocycles. The number of hydrogen-bond donors (Lipinski definition) is 1. The van der Waals surface area contributed by atoms with Crippen LogP contribution in [-0.2, 0) is 6.42 Å². The molecule has 2 rings (SSSR count). The number of rotatable bonds is 2. The number of fused-ring (bicyclic) bond motifs is 1. The van der Waals surface area contributed by atoms with Gasteiger partial charge in [-0.1, -0.05) is 18.2 Å². The van der Waals surface area contributed by atoms with Crippen molar-refractivity contribution in [1.82, 2.24) is 4.98 Å². The SMILES string of the molecule is Cc1cc(CC(C)N)nc2c(C)cccc12. The number of aromatic nitrogens is 1. The number of nitrogens with two attached hydrogens (primary N) is 1. The fourth-order valence-corrected chi connectivity index (χ4v) is 2.06. The second-order valence-corrected chi connectivity index (χ2v) is 4.58. The minimum absolute atomic E-state index is 0.161. The fraction of sp³-hybridized carbons (Fsp3) is 0.357. The van der Waals surface area contributed by atoms with Crippen LogP contribution in [0.15, 0.2) is 24.3 Å². The quantitative estimate of drug-likeness (QED) is 0.834. The highest BCUT2D eigenvalue weighted by atomic mass is 14.7. The van der Waals surface area contributed by atoms with Gasteiger partial charge in [-0.05, 0) is 38.0 Å². The summed E-state index contributed by atoms with van der Waals surface area (Å²) in [6.07, 6.45) is 0.838. The molecule has 0 spiro atoms. The second-order valence-electron chi connectivity index (χ2n) is 4.58. The third-order valence-corrected chi connectivity index (χ3v) is 2.83. The lowest BCUT2D eigenvalue weighted by Gasteiger charge is -2.09. The minimum Gasteiger partial charge on any atom is -0.328 e. The third-order valence-electron chi connectivity index (χ3n) is 2.83. The molecule has 2 aromatic rings. The van der Waals surface area contributed by atoms with E-state index in [9.17, 15) is 0 Å². The highest BCUT2D eigenvalue weighted by Crippen LogP contribution is 2.21. The van der Waals surface area contributed by atoms with Gasteiger partial charge in [-0.25, -0.2) is 0 Å². The van der Waals surface area contributed by atoms with E-state index in [1.165, 1.54) is 16.5 Å². The zero-order valence-corrected chi connectivity index (χ0v) is 10.1. The van der Waals surface area contributed by atoms with Crippen molar-refractivity contribution in [1.29, 1.82) is 0 Å². The molecule has 0 saturated heterocycles. The first-order chi connectivity index (χ1) is 7.58. The van der Waals surface area contributed by atoms with Gasteiger partial charge in [0.1, 0.15) is 0 Å². The first-order valence-corrected chi connectivity index (χ1v) is 5.69. The largest absolute Gasteiger partial charge is 0.328 e. The molecule has 0 amide bonds. The molecule has 0 aliphatic rings. The standard InChI is InChI=1S/C14H18N2/c1-9-5-4-6-13-10(2)7-12(8-11(3)15)16-14(9)13/h4-7,11H,8,15H2,1-3H3. The molecular formula is C14H18N2. The molecule has 0 aliphatic carbocycles. The molecule has 16 heavy (non-hydrogen) atoms.